The van der Waals surface area contributed by atoms with Crippen molar-refractivity contribution >= 4 is 11.9 Å². The van der Waals surface area contributed by atoms with Crippen LogP contribution in [0.15, 0.2) is 24.3 Å². The molecule has 1 saturated heterocycles. The maximum absolute atomic E-state index is 13.0. The smallest absolute Gasteiger partial charge is 0.324 e. The maximum atomic E-state index is 13.0. The highest BCUT2D eigenvalue weighted by molar-refractivity contribution is 5.98. The van der Waals surface area contributed by atoms with Crippen molar-refractivity contribution < 1.29 is 28.5 Å². The molecule has 0 radical (unpaired) electrons. The molecule has 1 fully saturated rings. The van der Waals surface area contributed by atoms with E-state index in [4.69, 9.17) is 18.9 Å². The van der Waals surface area contributed by atoms with Crippen LogP contribution in [0.3, 0.4) is 0 Å². The number of methoxy groups -OCH3 is 2. The standard InChI is InChI=1S/C25H36O6/c1-15(2)11-10-12-25(7,21-22(26)30-24(5,6)31-23(21)27)17-13-18(28-8)20(16(3)4)19(14-17)29-9/h13-14,16,21H,1,10-12H2,2-9H3. The van der Waals surface area contributed by atoms with Gasteiger partial charge in [-0.05, 0) is 49.8 Å². The number of cyclic esters (lactones) is 2. The van der Waals surface area contributed by atoms with Crippen LogP contribution in [0.25, 0.3) is 0 Å². The van der Waals surface area contributed by atoms with E-state index in [2.05, 4.69) is 20.4 Å². The van der Waals surface area contributed by atoms with Gasteiger partial charge < -0.3 is 18.9 Å². The molecule has 6 heteroatoms. The van der Waals surface area contributed by atoms with Crippen LogP contribution < -0.4 is 9.47 Å². The fraction of sp³-hybridized carbons (Fsp3) is 0.600. The zero-order chi connectivity index (χ0) is 23.6. The van der Waals surface area contributed by atoms with Gasteiger partial charge in [0.2, 0.25) is 0 Å². The summed E-state index contributed by atoms with van der Waals surface area (Å²) < 4.78 is 22.3. The van der Waals surface area contributed by atoms with Crippen molar-refractivity contribution in [1.29, 1.82) is 0 Å². The molecule has 1 atom stereocenters. The van der Waals surface area contributed by atoms with Crippen molar-refractivity contribution in [3.05, 3.63) is 35.4 Å². The SMILES string of the molecule is C=C(C)CCCC(C)(c1cc(OC)c(C(C)C)c(OC)c1)C1C(=O)OC(C)(C)OC1=O. The topological polar surface area (TPSA) is 71.1 Å². The average Bonchev–Trinajstić information content (AvgIpc) is 2.64. The Bertz CT molecular complexity index is 809. The van der Waals surface area contributed by atoms with Gasteiger partial charge in [-0.15, -0.1) is 6.58 Å². The van der Waals surface area contributed by atoms with Gasteiger partial charge in [0, 0.05) is 24.8 Å². The molecule has 0 aliphatic carbocycles. The lowest BCUT2D eigenvalue weighted by Crippen LogP contribution is -2.53. The van der Waals surface area contributed by atoms with E-state index < -0.39 is 29.1 Å². The van der Waals surface area contributed by atoms with Gasteiger partial charge in [-0.3, -0.25) is 9.59 Å². The molecule has 0 saturated carbocycles. The number of allylic oxidation sites excluding steroid dienone is 1. The Morgan fingerprint density at radius 3 is 2.00 bits per heavy atom. The number of carbonyl (C=O) groups is 2. The Balaban J connectivity index is 2.65. The van der Waals surface area contributed by atoms with Crippen molar-refractivity contribution in [2.75, 3.05) is 14.2 Å². The molecular weight excluding hydrogens is 396 g/mol. The highest BCUT2D eigenvalue weighted by atomic mass is 16.7. The van der Waals surface area contributed by atoms with Gasteiger partial charge in [-0.1, -0.05) is 26.3 Å². The number of ether oxygens (including phenoxy) is 4. The third-order valence-corrected chi connectivity index (χ3v) is 5.88. The Morgan fingerprint density at radius 1 is 1.13 bits per heavy atom. The van der Waals surface area contributed by atoms with Crippen molar-refractivity contribution in [2.24, 2.45) is 5.92 Å². The van der Waals surface area contributed by atoms with Gasteiger partial charge in [0.1, 0.15) is 11.5 Å². The van der Waals surface area contributed by atoms with Crippen LogP contribution in [0, 0.1) is 5.92 Å². The summed E-state index contributed by atoms with van der Waals surface area (Å²) in [6, 6.07) is 3.80. The second-order valence-electron chi connectivity index (χ2n) is 9.35. The lowest BCUT2D eigenvalue weighted by atomic mass is 9.67. The van der Waals surface area contributed by atoms with Crippen LogP contribution in [-0.4, -0.2) is 31.9 Å². The van der Waals surface area contributed by atoms with Gasteiger partial charge in [0.25, 0.3) is 5.79 Å². The predicted molar refractivity (Wildman–Crippen MR) is 119 cm³/mol. The maximum Gasteiger partial charge on any atom is 0.324 e. The number of carbonyl (C=O) groups excluding carboxylic acids is 2. The second-order valence-corrected chi connectivity index (χ2v) is 9.35. The number of rotatable bonds is 9. The third kappa shape index (κ3) is 5.23. The van der Waals surface area contributed by atoms with Gasteiger partial charge in [-0.2, -0.15) is 0 Å². The van der Waals surface area contributed by atoms with Gasteiger partial charge in [-0.25, -0.2) is 0 Å². The fourth-order valence-electron chi connectivity index (χ4n) is 4.29. The van der Waals surface area contributed by atoms with E-state index in [0.717, 1.165) is 29.5 Å². The number of hydrogen-bond donors (Lipinski definition) is 0. The molecule has 2 rings (SSSR count). The van der Waals surface area contributed by atoms with Crippen LogP contribution in [0.5, 0.6) is 11.5 Å². The molecule has 0 aromatic heterocycles. The Kier molecular flexibility index (Phi) is 7.45. The van der Waals surface area contributed by atoms with Crippen LogP contribution >= 0.6 is 0 Å². The minimum absolute atomic E-state index is 0.166. The lowest BCUT2D eigenvalue weighted by molar-refractivity contribution is -0.243. The number of benzene rings is 1. The largest absolute Gasteiger partial charge is 0.496 e. The van der Waals surface area contributed by atoms with E-state index in [0.29, 0.717) is 17.9 Å². The molecule has 1 heterocycles. The van der Waals surface area contributed by atoms with E-state index in [9.17, 15) is 9.59 Å². The van der Waals surface area contributed by atoms with E-state index >= 15 is 0 Å². The molecule has 0 spiro atoms. The zero-order valence-electron chi connectivity index (χ0n) is 20.1. The van der Waals surface area contributed by atoms with E-state index in [-0.39, 0.29) is 5.92 Å². The van der Waals surface area contributed by atoms with Crippen molar-refractivity contribution in [1.82, 2.24) is 0 Å². The van der Waals surface area contributed by atoms with Crippen LogP contribution in [0.4, 0.5) is 0 Å². The normalized spacial score (nSPS) is 18.2. The molecule has 1 aliphatic rings. The van der Waals surface area contributed by atoms with Crippen molar-refractivity contribution in [3.8, 4) is 11.5 Å². The molecule has 1 aromatic rings. The Hall–Kier alpha value is -2.50. The molecular formula is C25H36O6. The van der Waals surface area contributed by atoms with Gasteiger partial charge in [0.15, 0.2) is 5.92 Å². The minimum atomic E-state index is -1.28. The monoisotopic (exact) mass is 432 g/mol. The van der Waals surface area contributed by atoms with Gasteiger partial charge in [0.05, 0.1) is 14.2 Å². The molecule has 0 bridgehead atoms. The molecule has 6 nitrogen and oxygen atoms in total. The Morgan fingerprint density at radius 2 is 1.61 bits per heavy atom. The molecule has 1 unspecified atom stereocenters. The summed E-state index contributed by atoms with van der Waals surface area (Å²) >= 11 is 0. The Labute approximate surface area is 185 Å². The highest BCUT2D eigenvalue weighted by Crippen LogP contribution is 2.46. The average molecular weight is 433 g/mol. The highest BCUT2D eigenvalue weighted by Gasteiger charge is 2.53. The lowest BCUT2D eigenvalue weighted by Gasteiger charge is -2.42. The summed E-state index contributed by atoms with van der Waals surface area (Å²) in [5.74, 6) is -2.04. The first-order chi connectivity index (χ1) is 14.4. The van der Waals surface area contributed by atoms with Crippen LogP contribution in [0.1, 0.15) is 77.8 Å². The summed E-state index contributed by atoms with van der Waals surface area (Å²) in [7, 11) is 3.21. The van der Waals surface area contributed by atoms with E-state index in [1.165, 1.54) is 0 Å². The first-order valence-corrected chi connectivity index (χ1v) is 10.7. The molecule has 31 heavy (non-hydrogen) atoms. The molecule has 1 aliphatic heterocycles. The van der Waals surface area contributed by atoms with Crippen LogP contribution in [0.2, 0.25) is 0 Å². The second kappa shape index (κ2) is 9.33. The first kappa shape index (κ1) is 24.8. The molecule has 0 amide bonds. The van der Waals surface area contributed by atoms with Crippen molar-refractivity contribution in [3.63, 3.8) is 0 Å². The van der Waals surface area contributed by atoms with Crippen LogP contribution in [-0.2, 0) is 24.5 Å². The summed E-state index contributed by atoms with van der Waals surface area (Å²) in [6.07, 6.45) is 2.10. The summed E-state index contributed by atoms with van der Waals surface area (Å²) in [5, 5.41) is 0. The van der Waals surface area contributed by atoms with Crippen molar-refractivity contribution in [2.45, 2.75) is 77.9 Å². The summed E-state index contributed by atoms with van der Waals surface area (Å²) in [4.78, 5) is 26.0. The van der Waals surface area contributed by atoms with E-state index in [1.54, 1.807) is 28.1 Å². The molecule has 1 aromatic carbocycles. The first-order valence-electron chi connectivity index (χ1n) is 10.7. The third-order valence-electron chi connectivity index (χ3n) is 5.88. The summed E-state index contributed by atoms with van der Waals surface area (Å²) in [5.41, 5.74) is 1.87. The fourth-order valence-corrected chi connectivity index (χ4v) is 4.29. The van der Waals surface area contributed by atoms with Gasteiger partial charge >= 0.3 is 11.9 Å². The zero-order valence-corrected chi connectivity index (χ0v) is 20.1. The summed E-state index contributed by atoms with van der Waals surface area (Å²) in [6.45, 7) is 15.1. The predicted octanol–water partition coefficient (Wildman–Crippen LogP) is 5.28. The quantitative estimate of drug-likeness (QED) is 0.300. The van der Waals surface area contributed by atoms with E-state index in [1.807, 2.05) is 26.0 Å². The number of hydrogen-bond acceptors (Lipinski definition) is 6. The number of esters is 2. The molecule has 172 valence electrons. The molecule has 0 N–H and O–H groups in total. The minimum Gasteiger partial charge on any atom is -0.496 e.